The quantitative estimate of drug-likeness (QED) is 0.443. The zero-order valence-corrected chi connectivity index (χ0v) is 18.8. The second kappa shape index (κ2) is 11.7. The first-order valence-electron chi connectivity index (χ1n) is 11.8. The van der Waals surface area contributed by atoms with Gasteiger partial charge in [-0.2, -0.15) is 18.4 Å². The lowest BCUT2D eigenvalue weighted by molar-refractivity contribution is -0.139. The smallest absolute Gasteiger partial charge is 0.367 e. The van der Waals surface area contributed by atoms with Gasteiger partial charge in [0.15, 0.2) is 5.82 Å². The molecule has 1 aromatic rings. The minimum atomic E-state index is -4.69. The van der Waals surface area contributed by atoms with Crippen molar-refractivity contribution in [2.45, 2.75) is 63.6 Å². The van der Waals surface area contributed by atoms with Crippen molar-refractivity contribution in [2.24, 2.45) is 5.92 Å². The zero-order valence-electron chi connectivity index (χ0n) is 18.8. The molecular weight excluding hydrogens is 436 g/mol. The first-order chi connectivity index (χ1) is 15.8. The minimum Gasteiger partial charge on any atom is -0.367 e. The Morgan fingerprint density at radius 3 is 2.45 bits per heavy atom. The molecule has 1 saturated carbocycles. The fourth-order valence-corrected chi connectivity index (χ4v) is 4.78. The molecule has 1 aliphatic carbocycles. The van der Waals surface area contributed by atoms with E-state index in [1.807, 2.05) is 6.07 Å². The molecule has 0 aromatic heterocycles. The number of unbranched alkanes of at least 4 members (excludes halogenated alkanes) is 1. The van der Waals surface area contributed by atoms with Crippen molar-refractivity contribution in [2.75, 3.05) is 37.6 Å². The molecule has 5 nitrogen and oxygen atoms in total. The van der Waals surface area contributed by atoms with Gasteiger partial charge in [0.05, 0.1) is 17.3 Å². The molecule has 182 valence electrons. The molecule has 2 aliphatic rings. The van der Waals surface area contributed by atoms with E-state index in [9.17, 15) is 22.4 Å². The topological polar surface area (TPSA) is 59.4 Å². The van der Waals surface area contributed by atoms with Crippen LogP contribution in [0, 0.1) is 23.1 Å². The standard InChI is InChI=1S/C24H32F4N4O/c25-23-20(24(26,27)28)4-3-5-21(23)32-16-14-31(15-17-32)13-11-18-7-9-19(10-8-18)30-22(33)6-1-2-12-29/h3-5,18-19H,1-2,6-11,13-17H2,(H,30,33)/t18-,19-. The SMILES string of the molecule is N#CCCCC(=O)N[C@H]1CC[C@H](CCN2CCN(c3cccc(C(F)(F)F)c3F)CC2)CC1. The second-order valence-corrected chi connectivity index (χ2v) is 9.05. The number of carbonyl (C=O) groups is 1. The highest BCUT2D eigenvalue weighted by Crippen LogP contribution is 2.35. The number of nitrogens with zero attached hydrogens (tertiary/aromatic N) is 3. The van der Waals surface area contributed by atoms with Crippen LogP contribution in [0.3, 0.4) is 0 Å². The number of carbonyl (C=O) groups excluding carboxylic acids is 1. The van der Waals surface area contributed by atoms with E-state index in [-0.39, 0.29) is 17.6 Å². The van der Waals surface area contributed by atoms with Gasteiger partial charge in [0, 0.05) is 45.1 Å². The van der Waals surface area contributed by atoms with Crippen molar-refractivity contribution < 1.29 is 22.4 Å². The van der Waals surface area contributed by atoms with Crippen LogP contribution in [0.1, 0.15) is 56.9 Å². The second-order valence-electron chi connectivity index (χ2n) is 9.05. The number of halogens is 4. The molecule has 1 saturated heterocycles. The molecule has 3 rings (SSSR count). The van der Waals surface area contributed by atoms with Gasteiger partial charge in [-0.05, 0) is 63.1 Å². The Hall–Kier alpha value is -2.34. The summed E-state index contributed by atoms with van der Waals surface area (Å²) in [5.41, 5.74) is -1.19. The average Bonchev–Trinajstić information content (AvgIpc) is 2.79. The maximum atomic E-state index is 14.4. The summed E-state index contributed by atoms with van der Waals surface area (Å²) in [6.07, 6.45) is 1.85. The van der Waals surface area contributed by atoms with E-state index in [2.05, 4.69) is 10.2 Å². The van der Waals surface area contributed by atoms with Crippen molar-refractivity contribution in [3.63, 3.8) is 0 Å². The van der Waals surface area contributed by atoms with Gasteiger partial charge in [-0.25, -0.2) is 4.39 Å². The first-order valence-corrected chi connectivity index (χ1v) is 11.8. The van der Waals surface area contributed by atoms with Crippen LogP contribution in [0.5, 0.6) is 0 Å². The van der Waals surface area contributed by atoms with Gasteiger partial charge < -0.3 is 10.2 Å². The number of benzene rings is 1. The van der Waals surface area contributed by atoms with Crippen LogP contribution in [0.2, 0.25) is 0 Å². The van der Waals surface area contributed by atoms with Crippen molar-refractivity contribution in [3.8, 4) is 6.07 Å². The van der Waals surface area contributed by atoms with Gasteiger partial charge in [0.2, 0.25) is 5.91 Å². The number of amides is 1. The van der Waals surface area contributed by atoms with Gasteiger partial charge in [0.25, 0.3) is 0 Å². The highest BCUT2D eigenvalue weighted by atomic mass is 19.4. The number of hydrogen-bond acceptors (Lipinski definition) is 4. The Morgan fingerprint density at radius 1 is 1.12 bits per heavy atom. The number of piperazine rings is 1. The van der Waals surface area contributed by atoms with E-state index < -0.39 is 17.6 Å². The van der Waals surface area contributed by atoms with Crippen LogP contribution >= 0.6 is 0 Å². The van der Waals surface area contributed by atoms with Crippen LogP contribution in [-0.2, 0) is 11.0 Å². The Morgan fingerprint density at radius 2 is 1.82 bits per heavy atom. The molecule has 0 bridgehead atoms. The minimum absolute atomic E-state index is 0.0254. The fraction of sp³-hybridized carbons (Fsp3) is 0.667. The van der Waals surface area contributed by atoms with E-state index >= 15 is 0 Å². The summed E-state index contributed by atoms with van der Waals surface area (Å²) in [5.74, 6) is -0.549. The summed E-state index contributed by atoms with van der Waals surface area (Å²) in [4.78, 5) is 15.9. The average molecular weight is 469 g/mol. The lowest BCUT2D eigenvalue weighted by Crippen LogP contribution is -2.47. The lowest BCUT2D eigenvalue weighted by atomic mass is 9.84. The third kappa shape index (κ3) is 7.32. The summed E-state index contributed by atoms with van der Waals surface area (Å²) in [6, 6.07) is 5.74. The van der Waals surface area contributed by atoms with Crippen molar-refractivity contribution >= 4 is 11.6 Å². The Kier molecular flexibility index (Phi) is 8.95. The van der Waals surface area contributed by atoms with Crippen molar-refractivity contribution in [1.29, 1.82) is 5.26 Å². The summed E-state index contributed by atoms with van der Waals surface area (Å²) >= 11 is 0. The van der Waals surface area contributed by atoms with E-state index in [0.29, 0.717) is 51.4 Å². The number of hydrogen-bond donors (Lipinski definition) is 1. The van der Waals surface area contributed by atoms with E-state index in [1.165, 1.54) is 12.1 Å². The Bertz CT molecular complexity index is 823. The molecular formula is C24H32F4N4O. The molecule has 33 heavy (non-hydrogen) atoms. The molecule has 9 heteroatoms. The molecule has 2 fully saturated rings. The zero-order chi connectivity index (χ0) is 23.8. The third-order valence-corrected chi connectivity index (χ3v) is 6.75. The Labute approximate surface area is 192 Å². The Balaban J connectivity index is 1.37. The van der Waals surface area contributed by atoms with Crippen LogP contribution in [0.4, 0.5) is 23.2 Å². The summed E-state index contributed by atoms with van der Waals surface area (Å²) in [5, 5.41) is 11.6. The molecule has 1 heterocycles. The van der Waals surface area contributed by atoms with Gasteiger partial charge >= 0.3 is 6.18 Å². The largest absolute Gasteiger partial charge is 0.419 e. The third-order valence-electron chi connectivity index (χ3n) is 6.75. The predicted octanol–water partition coefficient (Wildman–Crippen LogP) is 4.73. The maximum absolute atomic E-state index is 14.4. The van der Waals surface area contributed by atoms with E-state index in [1.54, 1.807) is 4.90 Å². The monoisotopic (exact) mass is 468 g/mol. The molecule has 0 spiro atoms. The van der Waals surface area contributed by atoms with Gasteiger partial charge in [-0.15, -0.1) is 0 Å². The van der Waals surface area contributed by atoms with E-state index in [4.69, 9.17) is 5.26 Å². The fourth-order valence-electron chi connectivity index (χ4n) is 4.78. The number of alkyl halides is 3. The molecule has 1 aromatic carbocycles. The van der Waals surface area contributed by atoms with E-state index in [0.717, 1.165) is 44.7 Å². The molecule has 0 radical (unpaired) electrons. The van der Waals surface area contributed by atoms with Crippen molar-refractivity contribution in [1.82, 2.24) is 10.2 Å². The van der Waals surface area contributed by atoms with Crippen LogP contribution in [0.15, 0.2) is 18.2 Å². The van der Waals surface area contributed by atoms with Crippen LogP contribution in [-0.4, -0.2) is 49.6 Å². The predicted molar refractivity (Wildman–Crippen MR) is 118 cm³/mol. The molecule has 1 N–H and O–H groups in total. The highest BCUT2D eigenvalue weighted by molar-refractivity contribution is 5.76. The van der Waals surface area contributed by atoms with Gasteiger partial charge in [-0.1, -0.05) is 6.07 Å². The molecule has 0 atom stereocenters. The summed E-state index contributed by atoms with van der Waals surface area (Å²) in [6.45, 7) is 3.33. The van der Waals surface area contributed by atoms with Crippen LogP contribution < -0.4 is 10.2 Å². The summed E-state index contributed by atoms with van der Waals surface area (Å²) in [7, 11) is 0. The molecule has 0 unspecified atom stereocenters. The van der Waals surface area contributed by atoms with Gasteiger partial charge in [0.1, 0.15) is 0 Å². The number of nitriles is 1. The maximum Gasteiger partial charge on any atom is 0.419 e. The lowest BCUT2D eigenvalue weighted by Gasteiger charge is -2.37. The first kappa shape index (κ1) is 25.3. The van der Waals surface area contributed by atoms with Crippen LogP contribution in [0.25, 0.3) is 0 Å². The number of anilines is 1. The highest BCUT2D eigenvalue weighted by Gasteiger charge is 2.36. The van der Waals surface area contributed by atoms with Crippen molar-refractivity contribution in [3.05, 3.63) is 29.6 Å². The number of nitrogens with one attached hydrogen (secondary N) is 1. The molecule has 1 amide bonds. The van der Waals surface area contributed by atoms with Gasteiger partial charge in [-0.3, -0.25) is 9.69 Å². The molecule has 1 aliphatic heterocycles. The normalized spacial score (nSPS) is 22.1. The number of rotatable bonds is 8. The summed E-state index contributed by atoms with van der Waals surface area (Å²) < 4.78 is 53.4.